The van der Waals surface area contributed by atoms with Gasteiger partial charge in [-0.15, -0.1) is 0 Å². The van der Waals surface area contributed by atoms with E-state index in [1.165, 1.54) is 39.2 Å². The van der Waals surface area contributed by atoms with Gasteiger partial charge in [-0.05, 0) is 247 Å². The van der Waals surface area contributed by atoms with Gasteiger partial charge in [-0.25, -0.2) is 0 Å². The minimum atomic E-state index is -1.08. The third-order valence-electron chi connectivity index (χ3n) is 23.2. The normalized spacial score (nSPS) is 13.7. The first-order valence-electron chi connectivity index (χ1n) is 45.9. The van der Waals surface area contributed by atoms with Crippen molar-refractivity contribution in [1.29, 1.82) is 0 Å². The molecule has 1 aromatic rings. The largest absolute Gasteiger partial charge is 0.490 e. The molecular weight excluding hydrogens is 1680 g/mol. The highest BCUT2D eigenvalue weighted by Crippen LogP contribution is 2.29. The Morgan fingerprint density at radius 1 is 0.315 bits per heavy atom. The summed E-state index contributed by atoms with van der Waals surface area (Å²) in [7, 11) is 4.25. The number of hydrogen-bond acceptors (Lipinski definition) is 27. The van der Waals surface area contributed by atoms with Gasteiger partial charge in [0.1, 0.15) is 44.4 Å². The van der Waals surface area contributed by atoms with E-state index in [0.29, 0.717) is 62.5 Å². The number of imide groups is 3. The van der Waals surface area contributed by atoms with E-state index in [0.717, 1.165) is 124 Å². The summed E-state index contributed by atoms with van der Waals surface area (Å²) in [6.07, 6.45) is 15.7. The number of hydrogen-bond donors (Lipinski definition) is 2. The molecule has 0 saturated heterocycles. The highest BCUT2D eigenvalue weighted by Gasteiger charge is 2.37. The van der Waals surface area contributed by atoms with Crippen LogP contribution in [0.15, 0.2) is 65.3 Å². The summed E-state index contributed by atoms with van der Waals surface area (Å²) in [4.78, 5) is 175. The molecule has 2 unspecified atom stereocenters. The van der Waals surface area contributed by atoms with Crippen molar-refractivity contribution in [2.45, 2.75) is 343 Å². The molecule has 3 heterocycles. The van der Waals surface area contributed by atoms with Crippen LogP contribution in [0.4, 0.5) is 0 Å². The number of aliphatic hydroxyl groups excluding tert-OH is 2. The summed E-state index contributed by atoms with van der Waals surface area (Å²) >= 11 is 0. The number of aliphatic hydroxyl groups is 2. The SMILES string of the molecule is CCC(C)(C)C(=O)OC.CCC(C)(C)C(=O)OC.CCC(C)(C)C(=O)OC.CCC(C)(C)C(=O)OCC(O)CN1C(=O)C=C(C)C1=O.CCC(C)(C)C(=O)OCC(O)CN1C(=O)C=CC1=O.CCC(C)(C)C(=O)OCCCCCCN1C(=O)C(C)=C(C)C1=O.CCC(C)(C)C(=O)OCCOc1ccccc1.CCCCOC(=O)C(C)(C)CC.CCCCOC(=O)C(C)(C)CC. The maximum absolute atomic E-state index is 11.9. The van der Waals surface area contributed by atoms with Gasteiger partial charge >= 0.3 is 53.7 Å². The van der Waals surface area contributed by atoms with Crippen LogP contribution in [-0.4, -0.2) is 213 Å². The number of rotatable bonds is 43. The summed E-state index contributed by atoms with van der Waals surface area (Å²) in [6, 6.07) is 9.48. The van der Waals surface area contributed by atoms with Gasteiger partial charge in [-0.2, -0.15) is 0 Å². The summed E-state index contributed by atoms with van der Waals surface area (Å²) in [5.41, 5.74) is -2.16. The van der Waals surface area contributed by atoms with E-state index in [2.05, 4.69) is 28.1 Å². The summed E-state index contributed by atoms with van der Waals surface area (Å²) < 4.78 is 49.7. The number of unbranched alkanes of at least 4 members (excludes halogenated alkanes) is 5. The molecule has 0 aromatic heterocycles. The first-order valence-corrected chi connectivity index (χ1v) is 45.9. The third kappa shape index (κ3) is 51.0. The second-order valence-electron chi connectivity index (χ2n) is 37.7. The van der Waals surface area contributed by atoms with Crippen molar-refractivity contribution in [3.05, 3.63) is 65.3 Å². The van der Waals surface area contributed by atoms with Crippen LogP contribution in [0.25, 0.3) is 0 Å². The van der Waals surface area contributed by atoms with Crippen LogP contribution in [0.1, 0.15) is 331 Å². The van der Waals surface area contributed by atoms with Crippen LogP contribution in [0.3, 0.4) is 0 Å². The van der Waals surface area contributed by atoms with Gasteiger partial charge in [-0.3, -0.25) is 86.6 Å². The van der Waals surface area contributed by atoms with E-state index in [1.54, 1.807) is 41.5 Å². The highest BCUT2D eigenvalue weighted by molar-refractivity contribution is 6.19. The van der Waals surface area contributed by atoms with Gasteiger partial charge in [0, 0.05) is 41.5 Å². The van der Waals surface area contributed by atoms with Crippen molar-refractivity contribution >= 4 is 89.2 Å². The molecule has 3 aliphatic heterocycles. The van der Waals surface area contributed by atoms with Crippen LogP contribution in [0, 0.1) is 48.7 Å². The van der Waals surface area contributed by atoms with Gasteiger partial charge in [-0.1, -0.05) is 114 Å². The Morgan fingerprint density at radius 3 is 0.854 bits per heavy atom. The van der Waals surface area contributed by atoms with Crippen molar-refractivity contribution in [1.82, 2.24) is 14.7 Å². The van der Waals surface area contributed by atoms with E-state index in [-0.39, 0.29) is 114 Å². The first kappa shape index (κ1) is 129. The fourth-order valence-electron chi connectivity index (χ4n) is 8.93. The topological polar surface area (TPSA) is 399 Å². The fraction of sp³-hybridized carbons (Fsp3) is 0.730. The molecule has 4 rings (SSSR count). The van der Waals surface area contributed by atoms with Gasteiger partial charge in [0.15, 0.2) is 0 Å². The Bertz CT molecular complexity index is 3600. The lowest BCUT2D eigenvalue weighted by molar-refractivity contribution is -0.158. The summed E-state index contributed by atoms with van der Waals surface area (Å²) in [5.74, 6) is -3.03. The monoisotopic (exact) mass is 1850 g/mol. The molecule has 6 amide bonds. The minimum Gasteiger partial charge on any atom is -0.490 e. The number of ether oxygens (including phenoxy) is 10. The molecule has 2 N–H and O–H groups in total. The lowest BCUT2D eigenvalue weighted by Gasteiger charge is -2.23. The number of nitrogens with zero attached hydrogens (tertiary/aromatic N) is 3. The van der Waals surface area contributed by atoms with E-state index < -0.39 is 69.4 Å². The molecule has 0 fully saturated rings. The van der Waals surface area contributed by atoms with Gasteiger partial charge in [0.05, 0.1) is 103 Å². The number of carbonyl (C=O) groups is 15. The zero-order chi connectivity index (χ0) is 102. The quantitative estimate of drug-likeness (QED) is 0.0265. The molecule has 130 heavy (non-hydrogen) atoms. The molecule has 0 radical (unpaired) electrons. The van der Waals surface area contributed by atoms with E-state index in [4.69, 9.17) is 33.2 Å². The first-order chi connectivity index (χ1) is 59.9. The van der Waals surface area contributed by atoms with Crippen LogP contribution < -0.4 is 4.74 Å². The summed E-state index contributed by atoms with van der Waals surface area (Å²) in [6.45, 7) is 62.0. The highest BCUT2D eigenvalue weighted by atomic mass is 16.6. The maximum Gasteiger partial charge on any atom is 0.311 e. The molecule has 0 bridgehead atoms. The van der Waals surface area contributed by atoms with Crippen molar-refractivity contribution in [2.24, 2.45) is 48.7 Å². The molecular formula is C100H171N3O27. The molecule has 1 aromatic carbocycles. The average Bonchev–Trinajstić information content (AvgIpc) is 1.65. The molecule has 748 valence electrons. The maximum atomic E-state index is 11.9. The van der Waals surface area contributed by atoms with Crippen molar-refractivity contribution < 1.29 is 129 Å². The van der Waals surface area contributed by atoms with Crippen LogP contribution in [0.2, 0.25) is 0 Å². The lowest BCUT2D eigenvalue weighted by atomic mass is 9.91. The third-order valence-corrected chi connectivity index (χ3v) is 23.2. The molecule has 3 aliphatic rings. The van der Waals surface area contributed by atoms with E-state index in [1.807, 2.05) is 190 Å². The Balaban J connectivity index is -0.000000460. The van der Waals surface area contributed by atoms with E-state index >= 15 is 0 Å². The average molecular weight is 1850 g/mol. The number of carbonyl (C=O) groups excluding carboxylic acids is 15. The molecule has 2 atom stereocenters. The summed E-state index contributed by atoms with van der Waals surface area (Å²) in [5, 5.41) is 19.5. The number of amides is 6. The standard InChI is InChI=1S/C18H29NO4.C14H21NO5.C14H20O3.C13H19NO5.2C10H20O2.3C7H14O2/c1-6-18(4,5)17(22)23-12-10-8-7-9-11-19-15(20)13(2)14(3)16(19)21;1-5-14(3,4)13(19)20-8-10(16)7-15-11(17)6-9(2)12(15)18;1-4-14(2,3)13(15)17-11-10-16-12-8-6-5-7-9-12;1-4-13(2,3)12(18)19-8-9(15)7-14-10(16)5-6-11(14)17;2*1-5-7-8-12-9(11)10(3,4)6-2;3*1-5-7(2,3)6(8)9-4/h6-12H2,1-5H3;6,10,16H,5,7-8H2,1-4H3;5-9H,4,10-11H2,1-3H3;5-6,9,15H,4,7-8H2,1-3H3;2*5-8H2,1-4H3;3*5H2,1-4H3. The number of benzene rings is 1. The van der Waals surface area contributed by atoms with Crippen molar-refractivity contribution in [2.75, 3.05) is 87.2 Å². The molecule has 30 heteroatoms. The van der Waals surface area contributed by atoms with Crippen molar-refractivity contribution in [3.63, 3.8) is 0 Å². The smallest absolute Gasteiger partial charge is 0.311 e. The number of esters is 9. The van der Waals surface area contributed by atoms with Gasteiger partial charge in [0.2, 0.25) is 0 Å². The second-order valence-corrected chi connectivity index (χ2v) is 37.7. The minimum absolute atomic E-state index is 0.0709. The second kappa shape index (κ2) is 64.6. The zero-order valence-electron chi connectivity index (χ0n) is 86.3. The number of para-hydroxylation sites is 1. The zero-order valence-corrected chi connectivity index (χ0v) is 86.3. The predicted molar refractivity (Wildman–Crippen MR) is 502 cm³/mol. The van der Waals surface area contributed by atoms with Gasteiger partial charge in [0.25, 0.3) is 35.4 Å². The Hall–Kier alpha value is -9.19. The lowest BCUT2D eigenvalue weighted by Crippen LogP contribution is -2.40. The van der Waals surface area contributed by atoms with Gasteiger partial charge < -0.3 is 57.6 Å². The molecule has 0 aliphatic carbocycles. The Labute approximate surface area is 779 Å². The van der Waals surface area contributed by atoms with Crippen LogP contribution >= 0.6 is 0 Å². The Morgan fingerprint density at radius 2 is 0.585 bits per heavy atom. The number of β-amino-alcohol motifs (C(OH)–C–C–N with tert-alkyl or cyclic N) is 2. The molecule has 30 nitrogen and oxygen atoms in total. The molecule has 0 spiro atoms. The van der Waals surface area contributed by atoms with E-state index in [9.17, 15) is 82.1 Å². The fourth-order valence-corrected chi connectivity index (χ4v) is 8.93. The Kier molecular flexibility index (Phi) is 64.2. The predicted octanol–water partition coefficient (Wildman–Crippen LogP) is 17.5. The van der Waals surface area contributed by atoms with Crippen molar-refractivity contribution in [3.8, 4) is 5.75 Å². The van der Waals surface area contributed by atoms with Crippen LogP contribution in [-0.2, 0) is 115 Å². The number of methoxy groups -OCH3 is 3. The molecule has 0 saturated carbocycles. The van der Waals surface area contributed by atoms with Crippen LogP contribution in [0.5, 0.6) is 5.75 Å².